The molecule has 4 bridgehead atoms. The minimum absolute atomic E-state index is 0.0445. The monoisotopic (exact) mass is 1640 g/mol. The number of benzene rings is 8. The van der Waals surface area contributed by atoms with Gasteiger partial charge in [-0.1, -0.05) is 279 Å². The Kier molecular flexibility index (Phi) is 34.6. The lowest BCUT2D eigenvalue weighted by Crippen LogP contribution is -2.59. The Morgan fingerprint density at radius 2 is 0.678 bits per heavy atom. The number of carbonyl (C=O) groups is 8. The summed E-state index contributed by atoms with van der Waals surface area (Å²) in [7, 11) is 0. The first-order valence-corrected chi connectivity index (χ1v) is 46.3. The van der Waals surface area contributed by atoms with Gasteiger partial charge in [-0.15, -0.1) is 0 Å². The zero-order valence-corrected chi connectivity index (χ0v) is 72.3. The lowest BCUT2D eigenvalue weighted by molar-refractivity contribution is -0.150. The van der Waals surface area contributed by atoms with Gasteiger partial charge in [0.25, 0.3) is 11.8 Å². The fourth-order valence-electron chi connectivity index (χ4n) is 20.5. The fraction of sp³-hybridized carbons (Fsp3) is 0.505. The number of esters is 1. The van der Waals surface area contributed by atoms with Gasteiger partial charge in [-0.05, 0) is 245 Å². The molecule has 8 aliphatic rings. The summed E-state index contributed by atoms with van der Waals surface area (Å²) in [5.74, 6) is 2.56. The average Bonchev–Trinajstić information content (AvgIpc) is 1.47. The molecule has 8 fully saturated rings. The van der Waals surface area contributed by atoms with E-state index in [0.29, 0.717) is 37.4 Å². The SMILES string of the molecule is CCC(C)(C)C(=O)N[C@H](C(=O)OCCCc1ccccc1)C1CCCC1.O=C(NCCCc1ccccc1)[C@@H](NC(=O)C12CC3CC(CC(C3)C1)C2)C1CCCCC1.O=C(N[C@H](C(=O)NCCCc1ccccc1)C1CCCC1)c1cccc2ccccc12.O=C(N[C@H](C(=O)NCCCc1ccccc1)C1CCCCC1)c1cccc2ccccc12. The molecule has 16 heteroatoms. The molecule has 121 heavy (non-hydrogen) atoms. The molecule has 8 aromatic rings. The normalized spacial score (nSPS) is 19.9. The third kappa shape index (κ3) is 26.5. The lowest BCUT2D eigenvalue weighted by Gasteiger charge is -2.56. The summed E-state index contributed by atoms with van der Waals surface area (Å²) >= 11 is 0. The average molecular weight is 1640 g/mol. The molecule has 0 heterocycles. The molecule has 16 nitrogen and oxygen atoms in total. The highest BCUT2D eigenvalue weighted by atomic mass is 16.5. The van der Waals surface area contributed by atoms with E-state index in [9.17, 15) is 38.4 Å². The molecule has 0 radical (unpaired) electrons. The molecular formula is C105H135N7O9. The maximum absolute atomic E-state index is 13.7. The first kappa shape index (κ1) is 90.3. The van der Waals surface area contributed by atoms with Crippen molar-refractivity contribution in [2.45, 2.75) is 257 Å². The van der Waals surface area contributed by atoms with Crippen LogP contribution in [0.25, 0.3) is 21.5 Å². The van der Waals surface area contributed by atoms with Crippen LogP contribution >= 0.6 is 0 Å². The predicted molar refractivity (Wildman–Crippen MR) is 485 cm³/mol. The van der Waals surface area contributed by atoms with Gasteiger partial charge in [-0.25, -0.2) is 4.79 Å². The van der Waals surface area contributed by atoms with E-state index >= 15 is 0 Å². The maximum Gasteiger partial charge on any atom is 0.328 e. The molecule has 8 saturated carbocycles. The number of fused-ring (bicyclic) bond motifs is 2. The maximum atomic E-state index is 13.7. The summed E-state index contributed by atoms with van der Waals surface area (Å²) in [5, 5.41) is 25.7. The topological polar surface area (TPSA) is 230 Å². The zero-order chi connectivity index (χ0) is 84.6. The highest BCUT2D eigenvalue weighted by Gasteiger charge is 2.55. The number of hydrogen-bond donors (Lipinski definition) is 7. The number of aryl methyl sites for hydroxylation is 4. The van der Waals surface area contributed by atoms with Crippen molar-refractivity contribution in [2.75, 3.05) is 26.2 Å². The second kappa shape index (κ2) is 46.3. The van der Waals surface area contributed by atoms with Crippen molar-refractivity contribution < 1.29 is 43.1 Å². The van der Waals surface area contributed by atoms with Crippen LogP contribution in [0.2, 0.25) is 0 Å². The van der Waals surface area contributed by atoms with Gasteiger partial charge in [0.15, 0.2) is 0 Å². The summed E-state index contributed by atoms with van der Waals surface area (Å²) in [6, 6.07) is 66.6. The highest BCUT2D eigenvalue weighted by molar-refractivity contribution is 6.09. The Morgan fingerprint density at radius 3 is 1.04 bits per heavy atom. The highest BCUT2D eigenvalue weighted by Crippen LogP contribution is 2.60. The van der Waals surface area contributed by atoms with Gasteiger partial charge in [0.2, 0.25) is 29.5 Å². The van der Waals surface area contributed by atoms with Gasteiger partial charge < -0.3 is 42.0 Å². The molecule has 0 aliphatic heterocycles. The molecule has 0 spiro atoms. The first-order valence-electron chi connectivity index (χ1n) is 46.3. The molecule has 4 atom stereocenters. The van der Waals surface area contributed by atoms with E-state index in [1.807, 2.05) is 166 Å². The fourth-order valence-corrected chi connectivity index (χ4v) is 20.5. The quantitative estimate of drug-likeness (QED) is 0.0153. The van der Waals surface area contributed by atoms with Crippen molar-refractivity contribution in [3.63, 3.8) is 0 Å². The molecule has 7 N–H and O–H groups in total. The van der Waals surface area contributed by atoms with Crippen LogP contribution < -0.4 is 37.2 Å². The molecule has 7 amide bonds. The van der Waals surface area contributed by atoms with Crippen LogP contribution in [-0.4, -0.2) is 97.7 Å². The third-order valence-corrected chi connectivity index (χ3v) is 27.4. The van der Waals surface area contributed by atoms with Crippen LogP contribution in [-0.2, 0) is 59.2 Å². The van der Waals surface area contributed by atoms with Gasteiger partial charge in [-0.3, -0.25) is 33.6 Å². The molecule has 16 rings (SSSR count). The van der Waals surface area contributed by atoms with Crippen molar-refractivity contribution >= 4 is 68.9 Å². The summed E-state index contributed by atoms with van der Waals surface area (Å²) in [6.45, 7) is 8.11. The van der Waals surface area contributed by atoms with Crippen molar-refractivity contribution in [2.24, 2.45) is 52.3 Å². The van der Waals surface area contributed by atoms with Crippen LogP contribution in [0.4, 0.5) is 0 Å². The summed E-state index contributed by atoms with van der Waals surface area (Å²) < 4.78 is 5.53. The van der Waals surface area contributed by atoms with Crippen LogP contribution in [0.15, 0.2) is 206 Å². The second-order valence-corrected chi connectivity index (χ2v) is 36.6. The van der Waals surface area contributed by atoms with E-state index in [4.69, 9.17) is 4.74 Å². The van der Waals surface area contributed by atoms with E-state index in [2.05, 4.69) is 97.9 Å². The summed E-state index contributed by atoms with van der Waals surface area (Å²) in [6.07, 6.45) is 34.6. The minimum atomic E-state index is -0.507. The van der Waals surface area contributed by atoms with Crippen LogP contribution in [0.1, 0.15) is 250 Å². The van der Waals surface area contributed by atoms with Crippen molar-refractivity contribution in [3.05, 3.63) is 240 Å². The first-order chi connectivity index (χ1) is 59.0. The van der Waals surface area contributed by atoms with Gasteiger partial charge >= 0.3 is 5.97 Å². The number of ether oxygens (including phenoxy) is 1. The Bertz CT molecular complexity index is 4540. The molecule has 0 unspecified atom stereocenters. The van der Waals surface area contributed by atoms with E-state index in [0.717, 1.165) is 206 Å². The smallest absolute Gasteiger partial charge is 0.328 e. The van der Waals surface area contributed by atoms with Gasteiger partial charge in [0, 0.05) is 41.6 Å². The largest absolute Gasteiger partial charge is 0.464 e. The molecule has 8 aliphatic carbocycles. The Labute approximate surface area is 720 Å². The number of rotatable bonds is 33. The van der Waals surface area contributed by atoms with Gasteiger partial charge in [0.1, 0.15) is 24.2 Å². The van der Waals surface area contributed by atoms with Crippen molar-refractivity contribution in [1.29, 1.82) is 0 Å². The second-order valence-electron chi connectivity index (χ2n) is 36.6. The molecule has 0 saturated heterocycles. The number of nitrogens with one attached hydrogen (secondary N) is 7. The zero-order valence-electron chi connectivity index (χ0n) is 72.3. The van der Waals surface area contributed by atoms with Crippen LogP contribution in [0.5, 0.6) is 0 Å². The lowest BCUT2D eigenvalue weighted by atomic mass is 9.49. The minimum Gasteiger partial charge on any atom is -0.464 e. The third-order valence-electron chi connectivity index (χ3n) is 27.4. The van der Waals surface area contributed by atoms with Gasteiger partial charge in [-0.2, -0.15) is 0 Å². The number of amides is 7. The Morgan fingerprint density at radius 1 is 0.364 bits per heavy atom. The van der Waals surface area contributed by atoms with Gasteiger partial charge in [0.05, 0.1) is 6.61 Å². The number of hydrogen-bond acceptors (Lipinski definition) is 9. The summed E-state index contributed by atoms with van der Waals surface area (Å²) in [4.78, 5) is 105. The molecule has 8 aromatic carbocycles. The van der Waals surface area contributed by atoms with Crippen LogP contribution in [0.3, 0.4) is 0 Å². The van der Waals surface area contributed by atoms with E-state index in [1.54, 1.807) is 0 Å². The number of carbonyl (C=O) groups excluding carboxylic acids is 8. The van der Waals surface area contributed by atoms with E-state index in [1.165, 1.54) is 67.2 Å². The summed E-state index contributed by atoms with van der Waals surface area (Å²) in [5.41, 5.74) is 5.69. The molecule has 644 valence electrons. The molecular weight excluding hydrogens is 1500 g/mol. The predicted octanol–water partition coefficient (Wildman–Crippen LogP) is 19.4. The Balaban J connectivity index is 0.000000148. The van der Waals surface area contributed by atoms with Crippen molar-refractivity contribution in [3.8, 4) is 0 Å². The van der Waals surface area contributed by atoms with E-state index in [-0.39, 0.29) is 82.4 Å². The Hall–Kier alpha value is -9.96. The van der Waals surface area contributed by atoms with E-state index < -0.39 is 23.5 Å². The molecule has 0 aromatic heterocycles. The van der Waals surface area contributed by atoms with Crippen molar-refractivity contribution in [1.82, 2.24) is 37.2 Å². The standard InChI is InChI=1S/C28H40N2O2.C28H32N2O2.C27H30N2O2.C22H33NO3/c31-26(29-13-7-10-20-8-3-1-4-9-20)25(24-11-5-2-6-12-24)30-27(32)28-17-21-14-22(18-28)16-23(15-21)19-28;31-27(25-19-9-17-22-14-7-8-18-24(22)25)30-26(23-15-5-2-6-16-23)28(32)29-20-10-13-21-11-3-1-4-12-21;30-26(24-18-8-16-21-13-6-7-17-23(21)24)29-25(22-14-4-5-15-22)27(31)28-19-9-12-20-10-2-1-3-11-20;1-4-22(2,3)21(25)23-19(18-14-8-9-15-18)20(24)26-16-10-13-17-11-6-5-7-12-17/h1,3-4,8-9,21-25H,2,5-7,10-19H2,(H,29,31)(H,30,32);1,3-4,7-9,11-12,14,17-19,23,26H,2,5-6,10,13,15-16,20H2,(H,29,32)(H,30,31);1-3,6-8,10-11,13,16-18,22,25H,4-5,9,12,14-15,19H2,(H,28,31)(H,29,30);5-7,11-12,18-19H,4,8-10,13-16H2,1-3H3,(H,23,25)/t21?,22?,23?,25-,28?;26-;25-;19-/m0000/s1. The van der Waals surface area contributed by atoms with Crippen LogP contribution in [0, 0.1) is 52.3 Å².